The Balaban J connectivity index is 0.000000186. The van der Waals surface area contributed by atoms with Crippen molar-refractivity contribution < 1.29 is 0 Å². The lowest BCUT2D eigenvalue weighted by molar-refractivity contribution is 0.534. The molecular formula is C18H21N3. The van der Waals surface area contributed by atoms with Crippen LogP contribution < -0.4 is 16.0 Å². The Morgan fingerprint density at radius 2 is 1.29 bits per heavy atom. The summed E-state index contributed by atoms with van der Waals surface area (Å²) in [6.45, 7) is 4.56. The Morgan fingerprint density at radius 3 is 2.00 bits per heavy atom. The van der Waals surface area contributed by atoms with Gasteiger partial charge >= 0.3 is 0 Å². The van der Waals surface area contributed by atoms with E-state index in [-0.39, 0.29) is 0 Å². The molecule has 0 radical (unpaired) electrons. The van der Waals surface area contributed by atoms with Crippen LogP contribution in [-0.2, 0) is 0 Å². The zero-order valence-electron chi connectivity index (χ0n) is 12.1. The first kappa shape index (κ1) is 13.9. The molecule has 2 heterocycles. The van der Waals surface area contributed by atoms with Gasteiger partial charge < -0.3 is 16.0 Å². The minimum absolute atomic E-state index is 1.14. The molecule has 21 heavy (non-hydrogen) atoms. The van der Waals surface area contributed by atoms with Gasteiger partial charge in [-0.15, -0.1) is 0 Å². The van der Waals surface area contributed by atoms with Crippen LogP contribution in [0.5, 0.6) is 0 Å². The average molecular weight is 279 g/mol. The van der Waals surface area contributed by atoms with Gasteiger partial charge in [-0.2, -0.15) is 0 Å². The summed E-state index contributed by atoms with van der Waals surface area (Å²) < 4.78 is 0. The van der Waals surface area contributed by atoms with E-state index in [1.165, 1.54) is 22.4 Å². The van der Waals surface area contributed by atoms with E-state index < -0.39 is 0 Å². The Kier molecular flexibility index (Phi) is 4.66. The summed E-state index contributed by atoms with van der Waals surface area (Å²) in [7, 11) is 0. The molecule has 0 unspecified atom stereocenters. The van der Waals surface area contributed by atoms with E-state index in [1.807, 2.05) is 12.3 Å². The first-order valence-electron chi connectivity index (χ1n) is 7.48. The molecule has 2 aliphatic heterocycles. The van der Waals surface area contributed by atoms with Crippen LogP contribution in [0.1, 0.15) is 5.56 Å². The summed E-state index contributed by atoms with van der Waals surface area (Å²) in [5.41, 5.74) is 4.97. The number of hydrogen-bond acceptors (Lipinski definition) is 3. The third-order valence-electron chi connectivity index (χ3n) is 3.64. The molecule has 3 heteroatoms. The predicted molar refractivity (Wildman–Crippen MR) is 90.3 cm³/mol. The van der Waals surface area contributed by atoms with Gasteiger partial charge in [-0.25, -0.2) is 0 Å². The van der Waals surface area contributed by atoms with Crippen LogP contribution in [0.15, 0.2) is 54.7 Å². The quantitative estimate of drug-likeness (QED) is 0.694. The van der Waals surface area contributed by atoms with Gasteiger partial charge in [-0.3, -0.25) is 0 Å². The second kappa shape index (κ2) is 7.07. The third-order valence-corrected chi connectivity index (χ3v) is 3.64. The standard InChI is InChI=1S/C14H11N.C4H10N2/c1-2-6-12-11(5-1)9-10-15-14-8-4-3-7-13(12)14;1-2-6-4-3-5-1/h1-10,15H;5-6H,1-4H2. The molecule has 0 atom stereocenters. The van der Waals surface area contributed by atoms with Crippen LogP contribution in [0.25, 0.3) is 17.2 Å². The van der Waals surface area contributed by atoms with Crippen LogP contribution in [0, 0.1) is 0 Å². The van der Waals surface area contributed by atoms with Crippen molar-refractivity contribution in [1.82, 2.24) is 10.6 Å². The van der Waals surface area contributed by atoms with Gasteiger partial charge in [0.2, 0.25) is 0 Å². The number of piperazine rings is 1. The van der Waals surface area contributed by atoms with Crippen LogP contribution in [-0.4, -0.2) is 26.2 Å². The summed E-state index contributed by atoms with van der Waals surface area (Å²) in [6.07, 6.45) is 4.10. The summed E-state index contributed by atoms with van der Waals surface area (Å²) in [5.74, 6) is 0. The lowest BCUT2D eigenvalue weighted by Crippen LogP contribution is -2.39. The Labute approximate surface area is 126 Å². The number of rotatable bonds is 0. The SMILES string of the molecule is C1=Cc2ccccc2-c2ccccc2N1.C1CNCCN1. The Morgan fingerprint density at radius 1 is 0.667 bits per heavy atom. The van der Waals surface area contributed by atoms with Crippen LogP contribution in [0.2, 0.25) is 0 Å². The number of para-hydroxylation sites is 1. The van der Waals surface area contributed by atoms with Gasteiger partial charge in [0.1, 0.15) is 0 Å². The normalized spacial score (nSPS) is 15.6. The van der Waals surface area contributed by atoms with E-state index in [0.29, 0.717) is 0 Å². The van der Waals surface area contributed by atoms with Gasteiger partial charge in [-0.05, 0) is 23.3 Å². The topological polar surface area (TPSA) is 36.1 Å². The molecule has 3 nitrogen and oxygen atoms in total. The monoisotopic (exact) mass is 279 g/mol. The fourth-order valence-corrected chi connectivity index (χ4v) is 2.56. The van der Waals surface area contributed by atoms with E-state index in [4.69, 9.17) is 0 Å². The molecule has 1 fully saturated rings. The Hall–Kier alpha value is -2.10. The molecule has 0 bridgehead atoms. The van der Waals surface area contributed by atoms with Crippen molar-refractivity contribution in [3.05, 3.63) is 60.3 Å². The van der Waals surface area contributed by atoms with Gasteiger partial charge in [0.05, 0.1) is 0 Å². The minimum Gasteiger partial charge on any atom is -0.361 e. The summed E-state index contributed by atoms with van der Waals surface area (Å²) in [5, 5.41) is 9.74. The number of fused-ring (bicyclic) bond motifs is 3. The van der Waals surface area contributed by atoms with Gasteiger partial charge in [0.25, 0.3) is 0 Å². The highest BCUT2D eigenvalue weighted by molar-refractivity contribution is 5.86. The van der Waals surface area contributed by atoms with Crippen LogP contribution in [0.3, 0.4) is 0 Å². The van der Waals surface area contributed by atoms with Crippen molar-refractivity contribution in [3.8, 4) is 11.1 Å². The number of benzene rings is 2. The maximum Gasteiger partial charge on any atom is 0.0459 e. The largest absolute Gasteiger partial charge is 0.361 e. The number of hydrogen-bond donors (Lipinski definition) is 3. The van der Waals surface area contributed by atoms with Gasteiger partial charge in [-0.1, -0.05) is 42.5 Å². The zero-order chi connectivity index (χ0) is 14.3. The summed E-state index contributed by atoms with van der Waals surface area (Å²) >= 11 is 0. The molecule has 0 amide bonds. The van der Waals surface area contributed by atoms with E-state index in [9.17, 15) is 0 Å². The van der Waals surface area contributed by atoms with Crippen molar-refractivity contribution in [3.63, 3.8) is 0 Å². The van der Waals surface area contributed by atoms with Gasteiger partial charge in [0.15, 0.2) is 0 Å². The molecule has 0 aromatic heterocycles. The van der Waals surface area contributed by atoms with E-state index in [2.05, 4.69) is 64.5 Å². The maximum absolute atomic E-state index is 3.29. The molecule has 108 valence electrons. The highest BCUT2D eigenvalue weighted by Gasteiger charge is 2.08. The molecule has 3 N–H and O–H groups in total. The highest BCUT2D eigenvalue weighted by Crippen LogP contribution is 2.33. The number of nitrogens with one attached hydrogen (secondary N) is 3. The van der Waals surface area contributed by atoms with Crippen LogP contribution in [0.4, 0.5) is 5.69 Å². The minimum atomic E-state index is 1.14. The molecule has 0 spiro atoms. The fraction of sp³-hybridized carbons (Fsp3) is 0.222. The van der Waals surface area contributed by atoms with Gasteiger partial charge in [0, 0.05) is 43.6 Å². The second-order valence-corrected chi connectivity index (χ2v) is 5.11. The predicted octanol–water partition coefficient (Wildman–Crippen LogP) is 2.93. The lowest BCUT2D eigenvalue weighted by Gasteiger charge is -2.11. The van der Waals surface area contributed by atoms with E-state index >= 15 is 0 Å². The summed E-state index contributed by atoms with van der Waals surface area (Å²) in [4.78, 5) is 0. The van der Waals surface area contributed by atoms with Crippen molar-refractivity contribution in [1.29, 1.82) is 0 Å². The number of anilines is 1. The average Bonchev–Trinajstić information content (AvgIpc) is 2.76. The fourth-order valence-electron chi connectivity index (χ4n) is 2.56. The third kappa shape index (κ3) is 3.51. The van der Waals surface area contributed by atoms with Crippen molar-refractivity contribution in [2.45, 2.75) is 0 Å². The smallest absolute Gasteiger partial charge is 0.0459 e. The molecule has 2 aliphatic rings. The molecule has 2 aromatic carbocycles. The summed E-state index contributed by atoms with van der Waals surface area (Å²) in [6, 6.07) is 16.8. The first-order chi connectivity index (χ1) is 10.4. The molecule has 0 aliphatic carbocycles. The second-order valence-electron chi connectivity index (χ2n) is 5.11. The lowest BCUT2D eigenvalue weighted by atomic mass is 9.99. The highest BCUT2D eigenvalue weighted by atomic mass is 15.0. The molecular weight excluding hydrogens is 258 g/mol. The molecule has 0 saturated carbocycles. The van der Waals surface area contributed by atoms with E-state index in [0.717, 1.165) is 26.2 Å². The van der Waals surface area contributed by atoms with Crippen molar-refractivity contribution in [2.24, 2.45) is 0 Å². The van der Waals surface area contributed by atoms with Crippen molar-refractivity contribution in [2.75, 3.05) is 31.5 Å². The Bertz CT molecular complexity index is 604. The van der Waals surface area contributed by atoms with E-state index in [1.54, 1.807) is 0 Å². The molecule has 2 aromatic rings. The maximum atomic E-state index is 3.29. The van der Waals surface area contributed by atoms with Crippen LogP contribution >= 0.6 is 0 Å². The molecule has 4 rings (SSSR count). The first-order valence-corrected chi connectivity index (χ1v) is 7.48. The molecule has 1 saturated heterocycles. The zero-order valence-corrected chi connectivity index (χ0v) is 12.1. The van der Waals surface area contributed by atoms with Crippen molar-refractivity contribution >= 4 is 11.8 Å².